The number of nitrogens with one attached hydrogen (secondary N) is 2. The van der Waals surface area contributed by atoms with Crippen molar-refractivity contribution in [3.63, 3.8) is 0 Å². The number of hydrogen-bond donors (Lipinski definition) is 2. The monoisotopic (exact) mass is 418 g/mol. The Morgan fingerprint density at radius 2 is 2.03 bits per heavy atom. The molecule has 1 amide bonds. The number of benzene rings is 1. The van der Waals surface area contributed by atoms with Gasteiger partial charge in [-0.05, 0) is 30.7 Å². The molecule has 0 saturated carbocycles. The van der Waals surface area contributed by atoms with Gasteiger partial charge in [-0.25, -0.2) is 0 Å². The van der Waals surface area contributed by atoms with Gasteiger partial charge in [0.25, 0.3) is 5.89 Å². The van der Waals surface area contributed by atoms with E-state index in [0.717, 1.165) is 12.1 Å². The number of rotatable bonds is 5. The maximum Gasteiger partial charge on any atom is 0.416 e. The number of amides is 1. The lowest BCUT2D eigenvalue weighted by molar-refractivity contribution is -0.137. The number of anilines is 2. The van der Waals surface area contributed by atoms with E-state index < -0.39 is 17.2 Å². The number of alkyl halides is 3. The average Bonchev–Trinajstić information content (AvgIpc) is 3.40. The third-order valence-electron chi connectivity index (χ3n) is 4.90. The zero-order chi connectivity index (χ0) is 21.5. The summed E-state index contributed by atoms with van der Waals surface area (Å²) >= 11 is 0. The molecule has 1 atom stereocenters. The van der Waals surface area contributed by atoms with Crippen LogP contribution >= 0.6 is 0 Å². The summed E-state index contributed by atoms with van der Waals surface area (Å²) in [4.78, 5) is 12.3. The molecule has 8 nitrogen and oxygen atoms in total. The Bertz CT molecular complexity index is 1100. The van der Waals surface area contributed by atoms with Gasteiger partial charge in [-0.15, -0.1) is 16.8 Å². The molecule has 1 saturated heterocycles. The largest absolute Gasteiger partial charge is 0.419 e. The standard InChI is InChI=1S/C19H17F3N6O2/c1-3-18(8-9-23-16(18)29)17-26-25-15(30-17)13-10-28(2)27-14(13)24-12-6-4-11(5-7-12)19(20,21)22/h3-7,10H,1,8-9H2,2H3,(H,23,29)(H,24,27)/t18-/m0/s1. The van der Waals surface area contributed by atoms with Crippen LogP contribution in [0.25, 0.3) is 11.5 Å². The van der Waals surface area contributed by atoms with Crippen molar-refractivity contribution in [1.29, 1.82) is 0 Å². The maximum atomic E-state index is 12.8. The summed E-state index contributed by atoms with van der Waals surface area (Å²) in [5.41, 5.74) is -0.997. The van der Waals surface area contributed by atoms with Gasteiger partial charge in [-0.3, -0.25) is 9.48 Å². The summed E-state index contributed by atoms with van der Waals surface area (Å²) < 4.78 is 45.5. The minimum absolute atomic E-state index is 0.117. The Morgan fingerprint density at radius 3 is 2.63 bits per heavy atom. The van der Waals surface area contributed by atoms with Crippen LogP contribution in [0.1, 0.15) is 17.9 Å². The number of nitrogens with zero attached hydrogens (tertiary/aromatic N) is 4. The molecule has 1 aromatic carbocycles. The van der Waals surface area contributed by atoms with Crippen molar-refractivity contribution in [3.8, 4) is 11.5 Å². The molecule has 11 heteroatoms. The van der Waals surface area contributed by atoms with Crippen LogP contribution in [0, 0.1) is 0 Å². The second-order valence-electron chi connectivity index (χ2n) is 6.86. The minimum Gasteiger partial charge on any atom is -0.419 e. The Hall–Kier alpha value is -3.63. The molecule has 3 aromatic rings. The second kappa shape index (κ2) is 7.01. The highest BCUT2D eigenvalue weighted by Gasteiger charge is 2.46. The van der Waals surface area contributed by atoms with Crippen LogP contribution < -0.4 is 10.6 Å². The summed E-state index contributed by atoms with van der Waals surface area (Å²) in [6, 6.07) is 4.55. The van der Waals surface area contributed by atoms with Crippen molar-refractivity contribution in [3.05, 3.63) is 54.6 Å². The first-order valence-corrected chi connectivity index (χ1v) is 8.97. The third kappa shape index (κ3) is 3.31. The number of carbonyl (C=O) groups excluding carboxylic acids is 1. The van der Waals surface area contributed by atoms with E-state index in [4.69, 9.17) is 4.42 Å². The van der Waals surface area contributed by atoms with Crippen LogP contribution in [0.2, 0.25) is 0 Å². The van der Waals surface area contributed by atoms with E-state index in [9.17, 15) is 18.0 Å². The van der Waals surface area contributed by atoms with E-state index in [0.29, 0.717) is 30.0 Å². The maximum absolute atomic E-state index is 12.8. The van der Waals surface area contributed by atoms with Gasteiger partial charge in [-0.1, -0.05) is 6.08 Å². The molecular weight excluding hydrogens is 401 g/mol. The molecule has 156 valence electrons. The van der Waals surface area contributed by atoms with Crippen molar-refractivity contribution in [1.82, 2.24) is 25.3 Å². The van der Waals surface area contributed by atoms with E-state index in [1.54, 1.807) is 13.2 Å². The predicted octanol–water partition coefficient (Wildman–Crippen LogP) is 3.18. The van der Waals surface area contributed by atoms with Crippen LogP contribution in [0.15, 0.2) is 47.5 Å². The van der Waals surface area contributed by atoms with Gasteiger partial charge < -0.3 is 15.1 Å². The van der Waals surface area contributed by atoms with Crippen molar-refractivity contribution in [2.75, 3.05) is 11.9 Å². The highest BCUT2D eigenvalue weighted by molar-refractivity contribution is 5.91. The molecule has 2 N–H and O–H groups in total. The van der Waals surface area contributed by atoms with Crippen molar-refractivity contribution >= 4 is 17.4 Å². The molecule has 30 heavy (non-hydrogen) atoms. The van der Waals surface area contributed by atoms with Gasteiger partial charge in [0.2, 0.25) is 11.8 Å². The van der Waals surface area contributed by atoms with E-state index in [1.165, 1.54) is 22.9 Å². The van der Waals surface area contributed by atoms with Crippen LogP contribution in [0.3, 0.4) is 0 Å². The van der Waals surface area contributed by atoms with Crippen LogP contribution in [-0.4, -0.2) is 32.4 Å². The first-order valence-electron chi connectivity index (χ1n) is 8.97. The van der Waals surface area contributed by atoms with E-state index in [-0.39, 0.29) is 17.7 Å². The van der Waals surface area contributed by atoms with Gasteiger partial charge in [0.05, 0.1) is 5.56 Å². The first-order chi connectivity index (χ1) is 14.2. The SMILES string of the molecule is C=C[C@]1(c2nnc(-c3cn(C)nc3Nc3ccc(C(F)(F)F)cc3)o2)CCNC1=O. The third-order valence-corrected chi connectivity index (χ3v) is 4.90. The first kappa shape index (κ1) is 19.7. The van der Waals surface area contributed by atoms with Gasteiger partial charge >= 0.3 is 6.18 Å². The fourth-order valence-electron chi connectivity index (χ4n) is 3.26. The highest BCUT2D eigenvalue weighted by Crippen LogP contribution is 2.36. The summed E-state index contributed by atoms with van der Waals surface area (Å²) in [6.45, 7) is 4.20. The molecular formula is C19H17F3N6O2. The smallest absolute Gasteiger partial charge is 0.416 e. The lowest BCUT2D eigenvalue weighted by Crippen LogP contribution is -2.33. The van der Waals surface area contributed by atoms with E-state index in [1.807, 2.05) is 0 Å². The van der Waals surface area contributed by atoms with E-state index >= 15 is 0 Å². The zero-order valence-electron chi connectivity index (χ0n) is 15.8. The number of halogens is 3. The van der Waals surface area contributed by atoms with Crippen molar-refractivity contribution < 1.29 is 22.4 Å². The number of carbonyl (C=O) groups is 1. The Morgan fingerprint density at radius 1 is 1.30 bits per heavy atom. The quantitative estimate of drug-likeness (QED) is 0.618. The molecule has 0 unspecified atom stereocenters. The van der Waals surface area contributed by atoms with Crippen molar-refractivity contribution in [2.45, 2.75) is 18.0 Å². The van der Waals surface area contributed by atoms with E-state index in [2.05, 4.69) is 32.5 Å². The van der Waals surface area contributed by atoms with Crippen LogP contribution in [0.5, 0.6) is 0 Å². The fraction of sp³-hybridized carbons (Fsp3) is 0.263. The van der Waals surface area contributed by atoms with Gasteiger partial charge in [0.1, 0.15) is 11.0 Å². The van der Waals surface area contributed by atoms with Gasteiger partial charge in [-0.2, -0.15) is 18.3 Å². The molecule has 3 heterocycles. The highest BCUT2D eigenvalue weighted by atomic mass is 19.4. The molecule has 1 fully saturated rings. The summed E-state index contributed by atoms with van der Waals surface area (Å²) in [7, 11) is 1.67. The molecule has 0 spiro atoms. The normalized spacial score (nSPS) is 19.0. The molecule has 0 aliphatic carbocycles. The Labute approximate surface area is 168 Å². The summed E-state index contributed by atoms with van der Waals surface area (Å²) in [5, 5.41) is 18.0. The number of hydrogen-bond acceptors (Lipinski definition) is 6. The number of aromatic nitrogens is 4. The van der Waals surface area contributed by atoms with Crippen LogP contribution in [0.4, 0.5) is 24.7 Å². The molecule has 1 aliphatic heterocycles. The molecule has 0 bridgehead atoms. The zero-order valence-corrected chi connectivity index (χ0v) is 15.8. The van der Waals surface area contributed by atoms with Gasteiger partial charge in [0, 0.05) is 25.5 Å². The average molecular weight is 418 g/mol. The predicted molar refractivity (Wildman–Crippen MR) is 101 cm³/mol. The Balaban J connectivity index is 1.64. The topological polar surface area (TPSA) is 97.9 Å². The second-order valence-corrected chi connectivity index (χ2v) is 6.86. The Kier molecular flexibility index (Phi) is 4.60. The lowest BCUT2D eigenvalue weighted by Gasteiger charge is -2.15. The summed E-state index contributed by atoms with van der Waals surface area (Å²) in [5.74, 6) is 0.290. The lowest BCUT2D eigenvalue weighted by atomic mass is 9.86. The molecule has 2 aromatic heterocycles. The minimum atomic E-state index is -4.41. The van der Waals surface area contributed by atoms with Crippen LogP contribution in [-0.2, 0) is 23.4 Å². The molecule has 4 rings (SSSR count). The molecule has 0 radical (unpaired) electrons. The summed E-state index contributed by atoms with van der Waals surface area (Å²) in [6.07, 6.45) is -0.862. The van der Waals surface area contributed by atoms with Crippen molar-refractivity contribution in [2.24, 2.45) is 7.05 Å². The fourth-order valence-corrected chi connectivity index (χ4v) is 3.26. The molecule has 1 aliphatic rings. The number of aryl methyl sites for hydroxylation is 1. The van der Waals surface area contributed by atoms with Gasteiger partial charge in [0.15, 0.2) is 5.82 Å².